The van der Waals surface area contributed by atoms with Crippen LogP contribution in [0.2, 0.25) is 0 Å². The van der Waals surface area contributed by atoms with Crippen LogP contribution in [-0.4, -0.2) is 66.7 Å². The van der Waals surface area contributed by atoms with E-state index in [4.69, 9.17) is 4.74 Å². The first-order chi connectivity index (χ1) is 13.7. The number of benzene rings is 1. The summed E-state index contributed by atoms with van der Waals surface area (Å²) in [6.07, 6.45) is 4.38. The molecule has 0 aliphatic carbocycles. The van der Waals surface area contributed by atoms with Crippen LogP contribution in [0.3, 0.4) is 0 Å². The average Bonchev–Trinajstić information content (AvgIpc) is 3.36. The number of aryl methyl sites for hydroxylation is 1. The third-order valence-electron chi connectivity index (χ3n) is 6.09. The molecule has 6 heteroatoms. The molecule has 2 aliphatic heterocycles. The van der Waals surface area contributed by atoms with E-state index in [-0.39, 0.29) is 5.91 Å². The summed E-state index contributed by atoms with van der Waals surface area (Å²) in [6.45, 7) is 4.73. The fourth-order valence-electron chi connectivity index (χ4n) is 4.53. The molecule has 28 heavy (non-hydrogen) atoms. The number of ether oxygens (including phenoxy) is 1. The Hall–Kier alpha value is -2.47. The van der Waals surface area contributed by atoms with Gasteiger partial charge in [0.05, 0.1) is 25.4 Å². The highest BCUT2D eigenvalue weighted by molar-refractivity contribution is 5.78. The molecule has 2 saturated heterocycles. The molecule has 0 saturated carbocycles. The summed E-state index contributed by atoms with van der Waals surface area (Å²) in [4.78, 5) is 19.6. The lowest BCUT2D eigenvalue weighted by Crippen LogP contribution is -2.51. The van der Waals surface area contributed by atoms with Gasteiger partial charge in [-0.2, -0.15) is 0 Å². The van der Waals surface area contributed by atoms with Crippen LogP contribution in [-0.2, 0) is 11.8 Å². The Morgan fingerprint density at radius 2 is 1.86 bits per heavy atom. The number of methoxy groups -OCH3 is 1. The second-order valence-corrected chi connectivity index (χ2v) is 7.71. The number of hydrogen-bond acceptors (Lipinski definition) is 4. The summed E-state index contributed by atoms with van der Waals surface area (Å²) >= 11 is 0. The number of amides is 1. The zero-order valence-electron chi connectivity index (χ0n) is 16.9. The van der Waals surface area contributed by atoms with Gasteiger partial charge in [0.25, 0.3) is 0 Å². The Morgan fingerprint density at radius 3 is 2.57 bits per heavy atom. The minimum atomic E-state index is 0.251. The summed E-state index contributed by atoms with van der Waals surface area (Å²) in [5.41, 5.74) is 2.42. The summed E-state index contributed by atoms with van der Waals surface area (Å²) in [5.74, 6) is 1.14. The normalized spacial score (nSPS) is 20.6. The number of piperazine rings is 1. The van der Waals surface area contributed by atoms with Crippen molar-refractivity contribution in [2.75, 3.05) is 51.3 Å². The molecule has 6 nitrogen and oxygen atoms in total. The molecule has 4 rings (SSSR count). The van der Waals surface area contributed by atoms with Gasteiger partial charge in [-0.25, -0.2) is 0 Å². The van der Waals surface area contributed by atoms with Gasteiger partial charge in [0.2, 0.25) is 5.91 Å². The number of aromatic nitrogens is 1. The van der Waals surface area contributed by atoms with Crippen LogP contribution in [0, 0.1) is 0 Å². The van der Waals surface area contributed by atoms with Crippen molar-refractivity contribution in [2.45, 2.75) is 18.9 Å². The van der Waals surface area contributed by atoms with E-state index in [2.05, 4.69) is 45.8 Å². The molecule has 1 atom stereocenters. The van der Waals surface area contributed by atoms with E-state index in [1.165, 1.54) is 5.69 Å². The van der Waals surface area contributed by atoms with Crippen molar-refractivity contribution >= 4 is 11.6 Å². The summed E-state index contributed by atoms with van der Waals surface area (Å²) in [6, 6.07) is 12.7. The maximum atomic E-state index is 13.0. The molecule has 0 N–H and O–H groups in total. The molecule has 0 bridgehead atoms. The van der Waals surface area contributed by atoms with Crippen LogP contribution in [0.5, 0.6) is 5.75 Å². The van der Waals surface area contributed by atoms with Crippen LogP contribution in [0.25, 0.3) is 0 Å². The van der Waals surface area contributed by atoms with Gasteiger partial charge < -0.3 is 19.1 Å². The molecule has 150 valence electrons. The third kappa shape index (κ3) is 3.74. The largest absolute Gasteiger partial charge is 0.495 e. The zero-order valence-corrected chi connectivity index (χ0v) is 16.9. The van der Waals surface area contributed by atoms with Gasteiger partial charge in [-0.3, -0.25) is 9.69 Å². The number of carbonyl (C=O) groups excluding carboxylic acids is 1. The van der Waals surface area contributed by atoms with Crippen molar-refractivity contribution in [3.05, 3.63) is 48.3 Å². The Bertz CT molecular complexity index is 810. The lowest BCUT2D eigenvalue weighted by molar-refractivity contribution is -0.133. The van der Waals surface area contributed by atoms with E-state index in [1.54, 1.807) is 7.11 Å². The third-order valence-corrected chi connectivity index (χ3v) is 6.09. The van der Waals surface area contributed by atoms with Crippen LogP contribution in [0.4, 0.5) is 5.69 Å². The number of likely N-dealkylation sites (tertiary alicyclic amines) is 1. The van der Waals surface area contributed by atoms with Crippen molar-refractivity contribution in [3.8, 4) is 5.75 Å². The zero-order chi connectivity index (χ0) is 19.5. The van der Waals surface area contributed by atoms with E-state index in [9.17, 15) is 4.79 Å². The SMILES string of the molecule is COc1ccccc1N1CCN(C(=O)CN2CCC[C@@H]2c2cccn2C)CC1. The quantitative estimate of drug-likeness (QED) is 0.797. The fraction of sp³-hybridized carbons (Fsp3) is 0.500. The van der Waals surface area contributed by atoms with Gasteiger partial charge in [0.1, 0.15) is 5.75 Å². The van der Waals surface area contributed by atoms with E-state index in [0.29, 0.717) is 12.6 Å². The summed E-state index contributed by atoms with van der Waals surface area (Å²) in [5, 5.41) is 0. The highest BCUT2D eigenvalue weighted by atomic mass is 16.5. The maximum Gasteiger partial charge on any atom is 0.236 e. The lowest BCUT2D eigenvalue weighted by atomic mass is 10.1. The van der Waals surface area contributed by atoms with E-state index >= 15 is 0 Å². The van der Waals surface area contributed by atoms with Crippen molar-refractivity contribution in [1.82, 2.24) is 14.4 Å². The first-order valence-electron chi connectivity index (χ1n) is 10.2. The smallest absolute Gasteiger partial charge is 0.236 e. The molecular weight excluding hydrogens is 352 g/mol. The van der Waals surface area contributed by atoms with Crippen LogP contribution < -0.4 is 9.64 Å². The second-order valence-electron chi connectivity index (χ2n) is 7.71. The molecule has 1 amide bonds. The van der Waals surface area contributed by atoms with Crippen molar-refractivity contribution < 1.29 is 9.53 Å². The minimum Gasteiger partial charge on any atom is -0.495 e. The fourth-order valence-corrected chi connectivity index (χ4v) is 4.53. The molecule has 2 fully saturated rings. The number of rotatable bonds is 5. The molecule has 2 aliphatic rings. The molecular formula is C22H30N4O2. The van der Waals surface area contributed by atoms with Crippen molar-refractivity contribution in [2.24, 2.45) is 7.05 Å². The number of hydrogen-bond donors (Lipinski definition) is 0. The number of nitrogens with zero attached hydrogens (tertiary/aromatic N) is 4. The molecule has 1 aromatic carbocycles. The highest BCUT2D eigenvalue weighted by Crippen LogP contribution is 2.32. The first-order valence-corrected chi connectivity index (χ1v) is 10.2. The van der Waals surface area contributed by atoms with E-state index in [1.807, 2.05) is 23.1 Å². The Kier molecular flexibility index (Phi) is 5.57. The van der Waals surface area contributed by atoms with Gasteiger partial charge in [-0.1, -0.05) is 12.1 Å². The van der Waals surface area contributed by atoms with Gasteiger partial charge in [-0.05, 0) is 43.7 Å². The van der Waals surface area contributed by atoms with Crippen LogP contribution in [0.1, 0.15) is 24.6 Å². The lowest BCUT2D eigenvalue weighted by Gasteiger charge is -2.37. The Balaban J connectivity index is 1.35. The maximum absolute atomic E-state index is 13.0. The van der Waals surface area contributed by atoms with Gasteiger partial charge in [-0.15, -0.1) is 0 Å². The average molecular weight is 383 g/mol. The number of carbonyl (C=O) groups is 1. The second kappa shape index (κ2) is 8.27. The number of para-hydroxylation sites is 2. The topological polar surface area (TPSA) is 41.0 Å². The molecule has 0 spiro atoms. The Morgan fingerprint density at radius 1 is 1.07 bits per heavy atom. The molecule has 2 aromatic rings. The van der Waals surface area contributed by atoms with Crippen molar-refractivity contribution in [1.29, 1.82) is 0 Å². The predicted molar refractivity (Wildman–Crippen MR) is 111 cm³/mol. The van der Waals surface area contributed by atoms with Crippen LogP contribution in [0.15, 0.2) is 42.6 Å². The summed E-state index contributed by atoms with van der Waals surface area (Å²) < 4.78 is 7.67. The molecule has 1 aromatic heterocycles. The highest BCUT2D eigenvalue weighted by Gasteiger charge is 2.31. The standard InChI is InChI=1S/C22H30N4O2/c1-23-11-5-8-18(23)19-9-6-12-26(19)17-22(27)25-15-13-24(14-16-25)20-7-3-4-10-21(20)28-2/h3-5,7-8,10-11,19H,6,9,12-17H2,1-2H3/t19-/m1/s1. The van der Waals surface area contributed by atoms with Gasteiger partial charge >= 0.3 is 0 Å². The monoisotopic (exact) mass is 382 g/mol. The first kappa shape index (κ1) is 18.9. The predicted octanol–water partition coefficient (Wildman–Crippen LogP) is 2.52. The molecule has 0 radical (unpaired) electrons. The summed E-state index contributed by atoms with van der Waals surface area (Å²) in [7, 11) is 3.79. The molecule has 3 heterocycles. The van der Waals surface area contributed by atoms with Gasteiger partial charge in [0, 0.05) is 45.1 Å². The minimum absolute atomic E-state index is 0.251. The number of anilines is 1. The van der Waals surface area contributed by atoms with Crippen LogP contribution >= 0.6 is 0 Å². The van der Waals surface area contributed by atoms with E-state index in [0.717, 1.165) is 57.0 Å². The van der Waals surface area contributed by atoms with Crippen molar-refractivity contribution in [3.63, 3.8) is 0 Å². The molecule has 0 unspecified atom stereocenters. The van der Waals surface area contributed by atoms with Gasteiger partial charge in [0.15, 0.2) is 0 Å². The van der Waals surface area contributed by atoms with E-state index < -0.39 is 0 Å². The Labute approximate surface area is 167 Å².